The fourth-order valence-electron chi connectivity index (χ4n) is 3.27. The van der Waals surface area contributed by atoms with Crippen molar-refractivity contribution < 1.29 is 8.42 Å². The highest BCUT2D eigenvalue weighted by Gasteiger charge is 2.26. The molecule has 8 heteroatoms. The van der Waals surface area contributed by atoms with Crippen LogP contribution < -0.4 is 5.73 Å². The first kappa shape index (κ1) is 22.5. The molecule has 0 radical (unpaired) electrons. The van der Waals surface area contributed by atoms with Crippen molar-refractivity contribution >= 4 is 21.4 Å². The minimum absolute atomic E-state index is 0.0100. The van der Waals surface area contributed by atoms with Gasteiger partial charge in [-0.1, -0.05) is 68.8 Å². The van der Waals surface area contributed by atoms with E-state index in [4.69, 9.17) is 17.3 Å². The number of nitrogens with two attached hydrogens (primary N) is 1. The topological polar surface area (TPSA) is 90.9 Å². The lowest BCUT2D eigenvalue weighted by Crippen LogP contribution is -2.19. The second-order valence-corrected chi connectivity index (χ2v) is 10.9. The van der Waals surface area contributed by atoms with E-state index in [0.29, 0.717) is 22.8 Å². The van der Waals surface area contributed by atoms with Gasteiger partial charge in [-0.2, -0.15) is 0 Å². The molecule has 160 valence electrons. The van der Waals surface area contributed by atoms with Crippen LogP contribution in [0.1, 0.15) is 49.3 Å². The van der Waals surface area contributed by atoms with E-state index in [1.165, 1.54) is 4.57 Å². The predicted octanol–water partition coefficient (Wildman–Crippen LogP) is 3.98. The molecule has 30 heavy (non-hydrogen) atoms. The molecule has 0 saturated carbocycles. The van der Waals surface area contributed by atoms with Crippen LogP contribution in [0.25, 0.3) is 0 Å². The number of hydrogen-bond acceptors (Lipinski definition) is 5. The summed E-state index contributed by atoms with van der Waals surface area (Å²) in [5.74, 6) is 0.280. The number of hydrogen-bond donors (Lipinski definition) is 1. The standard InChI is InChI=1S/C22H27ClN4O2S/c1-22(2,3)17-9-5-16(6-10-17)14-30(28,29)21-26-25-20(27(21)4)19(24)13-15-7-11-18(23)12-8-15/h5-12,19H,13-14,24H2,1-4H3. The molecular weight excluding hydrogens is 420 g/mol. The summed E-state index contributed by atoms with van der Waals surface area (Å²) < 4.78 is 27.4. The van der Waals surface area contributed by atoms with Gasteiger partial charge in [-0.3, -0.25) is 0 Å². The van der Waals surface area contributed by atoms with E-state index in [1.807, 2.05) is 36.4 Å². The summed E-state index contributed by atoms with van der Waals surface area (Å²) in [5, 5.41) is 8.58. The molecule has 0 amide bonds. The first-order chi connectivity index (χ1) is 14.0. The Labute approximate surface area is 183 Å². The molecule has 2 aromatic carbocycles. The monoisotopic (exact) mass is 446 g/mol. The Morgan fingerprint density at radius 2 is 1.57 bits per heavy atom. The number of aromatic nitrogens is 3. The van der Waals surface area contributed by atoms with Gasteiger partial charge >= 0.3 is 0 Å². The van der Waals surface area contributed by atoms with Gasteiger partial charge in [-0.15, -0.1) is 10.2 Å². The minimum atomic E-state index is -3.67. The van der Waals surface area contributed by atoms with Crippen LogP contribution in [0, 0.1) is 0 Å². The molecule has 3 aromatic rings. The molecule has 0 spiro atoms. The highest BCUT2D eigenvalue weighted by Crippen LogP contribution is 2.24. The van der Waals surface area contributed by atoms with Gasteiger partial charge in [0.15, 0.2) is 5.82 Å². The van der Waals surface area contributed by atoms with Crippen LogP contribution in [0.3, 0.4) is 0 Å². The maximum absolute atomic E-state index is 13.0. The van der Waals surface area contributed by atoms with Gasteiger partial charge in [-0.05, 0) is 40.7 Å². The molecule has 0 aliphatic heterocycles. The first-order valence-corrected chi connectivity index (χ1v) is 11.7. The summed E-state index contributed by atoms with van der Waals surface area (Å²) in [5.41, 5.74) is 9.13. The van der Waals surface area contributed by atoms with Gasteiger partial charge in [0.2, 0.25) is 15.0 Å². The molecule has 0 bridgehead atoms. The number of rotatable bonds is 6. The average Bonchev–Trinajstić information content (AvgIpc) is 3.05. The molecule has 3 rings (SSSR count). The zero-order valence-corrected chi connectivity index (χ0v) is 19.2. The molecule has 1 aromatic heterocycles. The van der Waals surface area contributed by atoms with E-state index in [1.54, 1.807) is 19.2 Å². The number of halogens is 1. The third kappa shape index (κ3) is 5.09. The van der Waals surface area contributed by atoms with Crippen molar-refractivity contribution in [3.05, 3.63) is 76.1 Å². The highest BCUT2D eigenvalue weighted by atomic mass is 35.5. The lowest BCUT2D eigenvalue weighted by atomic mass is 9.87. The third-order valence-corrected chi connectivity index (χ3v) is 6.90. The van der Waals surface area contributed by atoms with Crippen molar-refractivity contribution in [2.45, 2.75) is 49.6 Å². The van der Waals surface area contributed by atoms with E-state index in [-0.39, 0.29) is 16.3 Å². The first-order valence-electron chi connectivity index (χ1n) is 9.69. The Balaban J connectivity index is 1.78. The molecule has 0 saturated heterocycles. The van der Waals surface area contributed by atoms with E-state index < -0.39 is 15.9 Å². The van der Waals surface area contributed by atoms with Crippen molar-refractivity contribution in [3.8, 4) is 0 Å². The summed E-state index contributed by atoms with van der Waals surface area (Å²) >= 11 is 5.92. The maximum atomic E-state index is 13.0. The Bertz CT molecular complexity index is 1120. The second kappa shape index (κ2) is 8.49. The van der Waals surface area contributed by atoms with Crippen LogP contribution in [0.15, 0.2) is 53.7 Å². The van der Waals surface area contributed by atoms with Crippen molar-refractivity contribution in [2.75, 3.05) is 0 Å². The van der Waals surface area contributed by atoms with Gasteiger partial charge < -0.3 is 10.3 Å². The van der Waals surface area contributed by atoms with Gasteiger partial charge in [0.05, 0.1) is 11.8 Å². The summed E-state index contributed by atoms with van der Waals surface area (Å²) in [6.45, 7) is 6.35. The van der Waals surface area contributed by atoms with Crippen molar-refractivity contribution in [1.82, 2.24) is 14.8 Å². The van der Waals surface area contributed by atoms with E-state index in [0.717, 1.165) is 11.1 Å². The molecule has 0 aliphatic carbocycles. The molecule has 0 fully saturated rings. The van der Waals surface area contributed by atoms with Crippen LogP contribution in [0.2, 0.25) is 5.02 Å². The van der Waals surface area contributed by atoms with Crippen LogP contribution in [0.5, 0.6) is 0 Å². The highest BCUT2D eigenvalue weighted by molar-refractivity contribution is 7.90. The zero-order chi connectivity index (χ0) is 22.1. The van der Waals surface area contributed by atoms with Gasteiger partial charge in [0, 0.05) is 12.1 Å². The van der Waals surface area contributed by atoms with Crippen molar-refractivity contribution in [2.24, 2.45) is 12.8 Å². The summed E-state index contributed by atoms with van der Waals surface area (Å²) in [7, 11) is -2.04. The normalized spacial score (nSPS) is 13.4. The third-order valence-electron chi connectivity index (χ3n) is 5.02. The number of nitrogens with zero attached hydrogens (tertiary/aromatic N) is 3. The fourth-order valence-corrected chi connectivity index (χ4v) is 4.83. The van der Waals surface area contributed by atoms with Gasteiger partial charge in [0.25, 0.3) is 0 Å². The predicted molar refractivity (Wildman–Crippen MR) is 119 cm³/mol. The second-order valence-electron chi connectivity index (χ2n) is 8.54. The SMILES string of the molecule is Cn1c(C(N)Cc2ccc(Cl)cc2)nnc1S(=O)(=O)Cc1ccc(C(C)(C)C)cc1. The maximum Gasteiger partial charge on any atom is 0.249 e. The number of sulfone groups is 1. The van der Waals surface area contributed by atoms with Crippen molar-refractivity contribution in [3.63, 3.8) is 0 Å². The fraction of sp³-hybridized carbons (Fsp3) is 0.364. The van der Waals surface area contributed by atoms with E-state index in [9.17, 15) is 8.42 Å². The lowest BCUT2D eigenvalue weighted by Gasteiger charge is -2.19. The zero-order valence-electron chi connectivity index (χ0n) is 17.6. The largest absolute Gasteiger partial charge is 0.321 e. The molecule has 1 atom stereocenters. The molecule has 2 N–H and O–H groups in total. The van der Waals surface area contributed by atoms with E-state index in [2.05, 4.69) is 31.0 Å². The number of benzene rings is 2. The van der Waals surface area contributed by atoms with Crippen LogP contribution in [-0.4, -0.2) is 23.2 Å². The molecule has 1 heterocycles. The summed E-state index contributed by atoms with van der Waals surface area (Å²) in [6.07, 6.45) is 0.497. The molecule has 1 unspecified atom stereocenters. The average molecular weight is 447 g/mol. The molecule has 0 aliphatic rings. The Morgan fingerprint density at radius 3 is 2.13 bits per heavy atom. The van der Waals surface area contributed by atoms with Gasteiger partial charge in [0.1, 0.15) is 0 Å². The molecular formula is C22H27ClN4O2S. The van der Waals surface area contributed by atoms with Crippen LogP contribution in [-0.2, 0) is 34.5 Å². The van der Waals surface area contributed by atoms with Crippen LogP contribution >= 0.6 is 11.6 Å². The quantitative estimate of drug-likeness (QED) is 0.618. The Kier molecular flexibility index (Phi) is 6.36. The van der Waals surface area contributed by atoms with Crippen molar-refractivity contribution in [1.29, 1.82) is 0 Å². The Morgan fingerprint density at radius 1 is 1.00 bits per heavy atom. The summed E-state index contributed by atoms with van der Waals surface area (Å²) in [4.78, 5) is 0. The summed E-state index contributed by atoms with van der Waals surface area (Å²) in [6, 6.07) is 14.5. The Hall–Kier alpha value is -2.22. The van der Waals surface area contributed by atoms with E-state index >= 15 is 0 Å². The van der Waals surface area contributed by atoms with Gasteiger partial charge in [-0.25, -0.2) is 8.42 Å². The smallest absolute Gasteiger partial charge is 0.249 e. The molecule has 6 nitrogen and oxygen atoms in total. The van der Waals surface area contributed by atoms with Crippen LogP contribution in [0.4, 0.5) is 0 Å². The lowest BCUT2D eigenvalue weighted by molar-refractivity contribution is 0.568. The minimum Gasteiger partial charge on any atom is -0.321 e.